The van der Waals surface area contributed by atoms with Crippen molar-refractivity contribution >= 4 is 34.2 Å². The number of aromatic nitrogens is 4. The van der Waals surface area contributed by atoms with Gasteiger partial charge in [-0.2, -0.15) is 5.10 Å². The fourth-order valence-corrected chi connectivity index (χ4v) is 3.49. The summed E-state index contributed by atoms with van der Waals surface area (Å²) in [6.07, 6.45) is 4.87. The van der Waals surface area contributed by atoms with Crippen LogP contribution in [0.2, 0.25) is 0 Å². The number of rotatable bonds is 5. The van der Waals surface area contributed by atoms with Crippen LogP contribution in [-0.4, -0.2) is 32.0 Å². The summed E-state index contributed by atoms with van der Waals surface area (Å²) in [6.45, 7) is 0. The molecule has 2 amide bonds. The molecule has 3 aromatic carbocycles. The van der Waals surface area contributed by atoms with Gasteiger partial charge < -0.3 is 10.6 Å². The molecule has 0 saturated carbocycles. The molecule has 0 spiro atoms. The summed E-state index contributed by atoms with van der Waals surface area (Å²) in [5.74, 6) is -2.02. The molecular formula is C25H16F2N6O2. The molecule has 2 aromatic heterocycles. The van der Waals surface area contributed by atoms with Gasteiger partial charge in [-0.3, -0.25) is 14.9 Å². The van der Waals surface area contributed by atoms with E-state index in [1.165, 1.54) is 48.5 Å². The van der Waals surface area contributed by atoms with Crippen LogP contribution in [-0.2, 0) is 0 Å². The molecular weight excluding hydrogens is 454 g/mol. The quantitative estimate of drug-likeness (QED) is 0.307. The summed E-state index contributed by atoms with van der Waals surface area (Å²) in [6, 6.07) is 13.3. The number of nitrogens with one attached hydrogen (secondary N) is 3. The van der Waals surface area contributed by atoms with Crippen LogP contribution < -0.4 is 10.6 Å². The van der Waals surface area contributed by atoms with Gasteiger partial charge in [0.25, 0.3) is 0 Å². The Balaban J connectivity index is 1.40. The Hall–Kier alpha value is -4.99. The zero-order chi connectivity index (χ0) is 24.4. The molecule has 0 radical (unpaired) electrons. The van der Waals surface area contributed by atoms with Crippen molar-refractivity contribution < 1.29 is 18.4 Å². The van der Waals surface area contributed by atoms with Gasteiger partial charge in [0, 0.05) is 23.0 Å². The smallest absolute Gasteiger partial charge is 0.308 e. The molecule has 0 atom stereocenters. The van der Waals surface area contributed by atoms with Crippen molar-refractivity contribution in [2.75, 3.05) is 10.6 Å². The Labute approximate surface area is 197 Å². The third-order valence-electron chi connectivity index (χ3n) is 5.17. The van der Waals surface area contributed by atoms with E-state index in [1.807, 2.05) is 0 Å². The molecule has 3 N–H and O–H groups in total. The minimum Gasteiger partial charge on any atom is -0.308 e. The number of carbonyl (C=O) groups excluding carboxylic acids is 2. The fraction of sp³-hybridized carbons (Fsp3) is 0. The van der Waals surface area contributed by atoms with E-state index in [0.29, 0.717) is 16.7 Å². The van der Waals surface area contributed by atoms with E-state index >= 15 is 4.39 Å². The molecule has 0 saturated heterocycles. The highest BCUT2D eigenvalue weighted by Crippen LogP contribution is 2.24. The summed E-state index contributed by atoms with van der Waals surface area (Å²) >= 11 is 0. The van der Waals surface area contributed by atoms with Crippen LogP contribution in [0.25, 0.3) is 22.3 Å². The molecule has 5 aromatic rings. The van der Waals surface area contributed by atoms with Crippen molar-refractivity contribution in [3.63, 3.8) is 0 Å². The van der Waals surface area contributed by atoms with Gasteiger partial charge in [-0.05, 0) is 48.5 Å². The number of amides is 2. The minimum atomic E-state index is -0.898. The number of nitrogens with zero attached hydrogens (tertiary/aromatic N) is 3. The van der Waals surface area contributed by atoms with E-state index in [-0.39, 0.29) is 22.5 Å². The second-order valence-electron chi connectivity index (χ2n) is 7.53. The van der Waals surface area contributed by atoms with Crippen molar-refractivity contribution in [1.29, 1.82) is 0 Å². The number of halogens is 2. The molecule has 5 rings (SSSR count). The largest absolute Gasteiger partial charge is 0.323 e. The Morgan fingerprint density at radius 3 is 2.54 bits per heavy atom. The van der Waals surface area contributed by atoms with Gasteiger partial charge in [-0.15, -0.1) is 0 Å². The highest BCUT2D eigenvalue weighted by atomic mass is 19.1. The number of hydrogen-bond acceptors (Lipinski definition) is 5. The van der Waals surface area contributed by atoms with Crippen LogP contribution in [0.5, 0.6) is 0 Å². The highest BCUT2D eigenvalue weighted by Gasteiger charge is 2.19. The predicted molar refractivity (Wildman–Crippen MR) is 126 cm³/mol. The molecule has 0 fully saturated rings. The SMILES string of the molecule is O=C(Nc1cccc(F)c1)Nc1cccc(C(=O)c2ccc3ncc(-c4cn[nH]c4)nc3c2)c1F. The highest BCUT2D eigenvalue weighted by molar-refractivity contribution is 6.11. The maximum Gasteiger partial charge on any atom is 0.323 e. The molecule has 0 aliphatic carbocycles. The van der Waals surface area contributed by atoms with Gasteiger partial charge in [0.15, 0.2) is 11.6 Å². The van der Waals surface area contributed by atoms with Gasteiger partial charge in [0.05, 0.1) is 40.4 Å². The number of urea groups is 1. The summed E-state index contributed by atoms with van der Waals surface area (Å²) in [5.41, 5.74) is 2.30. The first-order valence-electron chi connectivity index (χ1n) is 10.4. The summed E-state index contributed by atoms with van der Waals surface area (Å²) in [5, 5.41) is 11.4. The van der Waals surface area contributed by atoms with Crippen LogP contribution in [0.15, 0.2) is 79.3 Å². The van der Waals surface area contributed by atoms with Gasteiger partial charge in [-0.25, -0.2) is 18.6 Å². The lowest BCUT2D eigenvalue weighted by Crippen LogP contribution is -2.21. The lowest BCUT2D eigenvalue weighted by Gasteiger charge is -2.11. The first kappa shape index (κ1) is 21.8. The van der Waals surface area contributed by atoms with Gasteiger partial charge in [-0.1, -0.05) is 12.1 Å². The average molecular weight is 470 g/mol. The molecule has 0 aliphatic rings. The van der Waals surface area contributed by atoms with Crippen LogP contribution >= 0.6 is 0 Å². The van der Waals surface area contributed by atoms with E-state index < -0.39 is 23.4 Å². The molecule has 0 aliphatic heterocycles. The Bertz CT molecular complexity index is 1570. The first-order chi connectivity index (χ1) is 17.0. The number of hydrogen-bond donors (Lipinski definition) is 3. The molecule has 35 heavy (non-hydrogen) atoms. The molecule has 8 nitrogen and oxygen atoms in total. The Morgan fingerprint density at radius 2 is 1.74 bits per heavy atom. The van der Waals surface area contributed by atoms with E-state index in [9.17, 15) is 14.0 Å². The van der Waals surface area contributed by atoms with Crippen molar-refractivity contribution in [1.82, 2.24) is 20.2 Å². The van der Waals surface area contributed by atoms with Gasteiger partial charge in [0.1, 0.15) is 5.82 Å². The van der Waals surface area contributed by atoms with Crippen LogP contribution in [0, 0.1) is 11.6 Å². The van der Waals surface area contributed by atoms with Gasteiger partial charge >= 0.3 is 6.03 Å². The van der Waals surface area contributed by atoms with E-state index in [4.69, 9.17) is 0 Å². The van der Waals surface area contributed by atoms with Crippen molar-refractivity contribution in [3.8, 4) is 11.3 Å². The second-order valence-corrected chi connectivity index (χ2v) is 7.53. The van der Waals surface area contributed by atoms with Crippen molar-refractivity contribution in [2.45, 2.75) is 0 Å². The standard InChI is InChI=1S/C25H16F2N6O2/c26-16-3-1-4-17(10-16)31-25(35)33-20-6-2-5-18(23(20)27)24(34)14-7-8-19-21(9-14)32-22(13-28-19)15-11-29-30-12-15/h1-13H,(H,29,30)(H2,31,33,35). The van der Waals surface area contributed by atoms with Crippen LogP contribution in [0.4, 0.5) is 25.0 Å². The van der Waals surface area contributed by atoms with Crippen molar-refractivity contribution in [2.24, 2.45) is 0 Å². The lowest BCUT2D eigenvalue weighted by atomic mass is 10.0. The molecule has 172 valence electrons. The number of ketones is 1. The summed E-state index contributed by atoms with van der Waals surface area (Å²) < 4.78 is 28.5. The number of H-pyrrole nitrogens is 1. The summed E-state index contributed by atoms with van der Waals surface area (Å²) in [7, 11) is 0. The number of aromatic amines is 1. The molecule has 0 unspecified atom stereocenters. The van der Waals surface area contributed by atoms with E-state index in [1.54, 1.807) is 24.7 Å². The number of carbonyl (C=O) groups is 2. The fourth-order valence-electron chi connectivity index (χ4n) is 3.49. The van der Waals surface area contributed by atoms with Crippen molar-refractivity contribution in [3.05, 3.63) is 102 Å². The van der Waals surface area contributed by atoms with Gasteiger partial charge in [0.2, 0.25) is 0 Å². The Kier molecular flexibility index (Phi) is 5.68. The number of anilines is 2. The maximum absolute atomic E-state index is 15.2. The third kappa shape index (κ3) is 4.58. The average Bonchev–Trinajstić information content (AvgIpc) is 3.39. The second kappa shape index (κ2) is 9.10. The first-order valence-corrected chi connectivity index (χ1v) is 10.4. The zero-order valence-corrected chi connectivity index (χ0v) is 17.9. The normalized spacial score (nSPS) is 10.8. The minimum absolute atomic E-state index is 0.196. The monoisotopic (exact) mass is 470 g/mol. The predicted octanol–water partition coefficient (Wildman–Crippen LogP) is 5.17. The molecule has 2 heterocycles. The number of fused-ring (bicyclic) bond motifs is 1. The Morgan fingerprint density at radius 1 is 0.886 bits per heavy atom. The van der Waals surface area contributed by atoms with E-state index in [2.05, 4.69) is 30.8 Å². The van der Waals surface area contributed by atoms with Crippen LogP contribution in [0.3, 0.4) is 0 Å². The number of benzene rings is 3. The third-order valence-corrected chi connectivity index (χ3v) is 5.17. The maximum atomic E-state index is 15.2. The topological polar surface area (TPSA) is 113 Å². The summed E-state index contributed by atoms with van der Waals surface area (Å²) in [4.78, 5) is 34.2. The molecule has 0 bridgehead atoms. The zero-order valence-electron chi connectivity index (χ0n) is 17.9. The van der Waals surface area contributed by atoms with Crippen LogP contribution in [0.1, 0.15) is 15.9 Å². The lowest BCUT2D eigenvalue weighted by molar-refractivity contribution is 0.103. The van der Waals surface area contributed by atoms with E-state index in [0.717, 1.165) is 11.6 Å². The molecule has 10 heteroatoms.